The minimum absolute atomic E-state index is 0.180. The number of hydrogen-bond acceptors (Lipinski definition) is 3. The van der Waals surface area contributed by atoms with Crippen LogP contribution in [-0.2, 0) is 4.79 Å². The van der Waals surface area contributed by atoms with Crippen molar-refractivity contribution < 1.29 is 9.53 Å². The van der Waals surface area contributed by atoms with E-state index in [0.29, 0.717) is 11.4 Å². The zero-order chi connectivity index (χ0) is 12.4. The highest BCUT2D eigenvalue weighted by atomic mass is 127. The molecule has 0 saturated heterocycles. The van der Waals surface area contributed by atoms with Crippen LogP contribution in [0.1, 0.15) is 6.92 Å². The first kappa shape index (κ1) is 12.2. The average Bonchev–Trinajstić information content (AvgIpc) is 2.29. The van der Waals surface area contributed by atoms with Crippen LogP contribution in [-0.4, -0.2) is 9.89 Å². The fraction of sp³-hybridized carbons (Fsp3) is 0.154. The number of nitrogens with two attached hydrogens (primary N) is 1. The second kappa shape index (κ2) is 4.91. The van der Waals surface area contributed by atoms with Crippen LogP contribution in [0.3, 0.4) is 0 Å². The van der Waals surface area contributed by atoms with Crippen molar-refractivity contribution in [3.63, 3.8) is 0 Å². The van der Waals surface area contributed by atoms with Crippen LogP contribution in [0, 0.1) is 0 Å². The molecule has 2 N–H and O–H groups in total. The molecule has 88 valence electrons. The van der Waals surface area contributed by atoms with Gasteiger partial charge in [-0.3, -0.25) is 4.79 Å². The van der Waals surface area contributed by atoms with Crippen LogP contribution in [0.4, 0.5) is 5.69 Å². The van der Waals surface area contributed by atoms with Crippen molar-refractivity contribution in [2.75, 3.05) is 5.73 Å². The highest BCUT2D eigenvalue weighted by Crippen LogP contribution is 2.27. The zero-order valence-electron chi connectivity index (χ0n) is 9.31. The van der Waals surface area contributed by atoms with Crippen molar-refractivity contribution in [1.29, 1.82) is 0 Å². The Morgan fingerprint density at radius 3 is 2.76 bits per heavy atom. The zero-order valence-corrected chi connectivity index (χ0v) is 11.5. The lowest BCUT2D eigenvalue weighted by Crippen LogP contribution is -2.17. The molecule has 0 aliphatic rings. The molecule has 2 aromatic rings. The van der Waals surface area contributed by atoms with Gasteiger partial charge >= 0.3 is 5.97 Å². The number of fused-ring (bicyclic) bond motifs is 1. The SMILES string of the molecule is CC(I)C(=O)Oc1cc(N)c2ccccc2c1. The quantitative estimate of drug-likeness (QED) is 0.300. The summed E-state index contributed by atoms with van der Waals surface area (Å²) in [5.41, 5.74) is 6.53. The second-order valence-electron chi connectivity index (χ2n) is 3.77. The lowest BCUT2D eigenvalue weighted by Gasteiger charge is -2.08. The molecule has 0 radical (unpaired) electrons. The summed E-state index contributed by atoms with van der Waals surface area (Å²) in [6.45, 7) is 1.79. The Morgan fingerprint density at radius 2 is 2.06 bits per heavy atom. The van der Waals surface area contributed by atoms with E-state index in [1.54, 1.807) is 13.0 Å². The number of benzene rings is 2. The van der Waals surface area contributed by atoms with Gasteiger partial charge in [0.05, 0.1) is 0 Å². The molecule has 1 atom stereocenters. The number of nitrogen functional groups attached to an aromatic ring is 1. The van der Waals surface area contributed by atoms with Gasteiger partial charge < -0.3 is 10.5 Å². The molecule has 4 heteroatoms. The summed E-state index contributed by atoms with van der Waals surface area (Å²) >= 11 is 2.02. The normalized spacial score (nSPS) is 12.4. The summed E-state index contributed by atoms with van der Waals surface area (Å²) in [6.07, 6.45) is 0. The predicted molar refractivity (Wildman–Crippen MR) is 77.5 cm³/mol. The fourth-order valence-electron chi connectivity index (χ4n) is 1.57. The maximum atomic E-state index is 11.5. The van der Waals surface area contributed by atoms with E-state index < -0.39 is 0 Å². The van der Waals surface area contributed by atoms with E-state index in [1.165, 1.54) is 0 Å². The van der Waals surface area contributed by atoms with E-state index >= 15 is 0 Å². The molecule has 0 bridgehead atoms. The third-order valence-electron chi connectivity index (χ3n) is 2.41. The Hall–Kier alpha value is -1.30. The van der Waals surface area contributed by atoms with Crippen molar-refractivity contribution >= 4 is 45.0 Å². The molecule has 0 aliphatic heterocycles. The average molecular weight is 341 g/mol. The Kier molecular flexibility index (Phi) is 3.51. The first-order chi connectivity index (χ1) is 8.08. The number of hydrogen-bond donors (Lipinski definition) is 1. The smallest absolute Gasteiger partial charge is 0.323 e. The lowest BCUT2D eigenvalue weighted by molar-refractivity contribution is -0.133. The maximum absolute atomic E-state index is 11.5. The van der Waals surface area contributed by atoms with E-state index in [0.717, 1.165) is 10.8 Å². The minimum Gasteiger partial charge on any atom is -0.426 e. The van der Waals surface area contributed by atoms with E-state index in [9.17, 15) is 4.79 Å². The van der Waals surface area contributed by atoms with Gasteiger partial charge in [-0.05, 0) is 18.4 Å². The van der Waals surface area contributed by atoms with Gasteiger partial charge in [-0.2, -0.15) is 0 Å². The molecular weight excluding hydrogens is 329 g/mol. The van der Waals surface area contributed by atoms with Crippen molar-refractivity contribution in [3.05, 3.63) is 36.4 Å². The van der Waals surface area contributed by atoms with Gasteiger partial charge in [-0.15, -0.1) is 0 Å². The van der Waals surface area contributed by atoms with E-state index in [2.05, 4.69) is 0 Å². The summed E-state index contributed by atoms with van der Waals surface area (Å²) < 4.78 is 5.06. The van der Waals surface area contributed by atoms with Crippen LogP contribution in [0.2, 0.25) is 0 Å². The number of alkyl halides is 1. The number of esters is 1. The number of ether oxygens (including phenoxy) is 1. The van der Waals surface area contributed by atoms with Crippen molar-refractivity contribution in [3.8, 4) is 5.75 Å². The van der Waals surface area contributed by atoms with Gasteiger partial charge in [0.1, 0.15) is 9.67 Å². The van der Waals surface area contributed by atoms with Gasteiger partial charge in [0.2, 0.25) is 0 Å². The van der Waals surface area contributed by atoms with Gasteiger partial charge in [-0.1, -0.05) is 46.9 Å². The van der Waals surface area contributed by atoms with Crippen LogP contribution >= 0.6 is 22.6 Å². The van der Waals surface area contributed by atoms with Gasteiger partial charge in [-0.25, -0.2) is 0 Å². The predicted octanol–water partition coefficient (Wildman–Crippen LogP) is 3.15. The molecule has 0 aromatic heterocycles. The lowest BCUT2D eigenvalue weighted by atomic mass is 10.1. The van der Waals surface area contributed by atoms with Crippen LogP contribution in [0.5, 0.6) is 5.75 Å². The molecule has 0 aliphatic carbocycles. The van der Waals surface area contributed by atoms with E-state index in [1.807, 2.05) is 52.9 Å². The molecule has 0 saturated carbocycles. The highest BCUT2D eigenvalue weighted by molar-refractivity contribution is 14.1. The Balaban J connectivity index is 2.40. The molecule has 0 fully saturated rings. The highest BCUT2D eigenvalue weighted by Gasteiger charge is 2.12. The molecule has 17 heavy (non-hydrogen) atoms. The largest absolute Gasteiger partial charge is 0.426 e. The number of halogens is 1. The van der Waals surface area contributed by atoms with Crippen molar-refractivity contribution in [1.82, 2.24) is 0 Å². The first-order valence-electron chi connectivity index (χ1n) is 5.22. The molecule has 0 heterocycles. The fourth-order valence-corrected chi connectivity index (χ4v) is 1.70. The van der Waals surface area contributed by atoms with Crippen molar-refractivity contribution in [2.45, 2.75) is 10.8 Å². The van der Waals surface area contributed by atoms with Crippen LogP contribution < -0.4 is 10.5 Å². The van der Waals surface area contributed by atoms with Gasteiger partial charge in [0.25, 0.3) is 0 Å². The number of anilines is 1. The molecule has 2 aromatic carbocycles. The van der Waals surface area contributed by atoms with Crippen molar-refractivity contribution in [2.24, 2.45) is 0 Å². The standard InChI is InChI=1S/C13H12INO2/c1-8(14)13(16)17-10-6-9-4-2-3-5-11(9)12(15)7-10/h2-8H,15H2,1H3. The number of carbonyl (C=O) groups is 1. The second-order valence-corrected chi connectivity index (χ2v) is 5.64. The Bertz CT molecular complexity index is 566. The van der Waals surface area contributed by atoms with E-state index in [4.69, 9.17) is 10.5 Å². The monoisotopic (exact) mass is 341 g/mol. The topological polar surface area (TPSA) is 52.3 Å². The third-order valence-corrected chi connectivity index (χ3v) is 2.92. The molecule has 0 spiro atoms. The molecule has 2 rings (SSSR count). The van der Waals surface area contributed by atoms with Crippen LogP contribution in [0.25, 0.3) is 10.8 Å². The molecular formula is C13H12INO2. The third kappa shape index (κ3) is 2.69. The minimum atomic E-state index is -0.264. The summed E-state index contributed by atoms with van der Waals surface area (Å²) in [4.78, 5) is 11.5. The molecule has 1 unspecified atom stereocenters. The van der Waals surface area contributed by atoms with Crippen LogP contribution in [0.15, 0.2) is 36.4 Å². The van der Waals surface area contributed by atoms with Gasteiger partial charge in [0, 0.05) is 17.1 Å². The molecule has 0 amide bonds. The number of rotatable bonds is 2. The van der Waals surface area contributed by atoms with Gasteiger partial charge in [0.15, 0.2) is 0 Å². The Morgan fingerprint density at radius 1 is 1.35 bits per heavy atom. The summed E-state index contributed by atoms with van der Waals surface area (Å²) in [5.74, 6) is 0.231. The maximum Gasteiger partial charge on any atom is 0.323 e. The molecule has 3 nitrogen and oxygen atoms in total. The van der Waals surface area contributed by atoms with E-state index in [-0.39, 0.29) is 9.89 Å². The number of carbonyl (C=O) groups excluding carboxylic acids is 1. The summed E-state index contributed by atoms with van der Waals surface area (Å²) in [5, 5.41) is 1.94. The first-order valence-corrected chi connectivity index (χ1v) is 6.46. The Labute approximate surface area is 113 Å². The summed E-state index contributed by atoms with van der Waals surface area (Å²) in [7, 11) is 0. The summed E-state index contributed by atoms with van der Waals surface area (Å²) in [6, 6.07) is 11.2.